The summed E-state index contributed by atoms with van der Waals surface area (Å²) < 4.78 is 0. The summed E-state index contributed by atoms with van der Waals surface area (Å²) in [5.74, 6) is -0.289. The van der Waals surface area contributed by atoms with Gasteiger partial charge >= 0.3 is 0 Å². The van der Waals surface area contributed by atoms with Gasteiger partial charge in [0.15, 0.2) is 0 Å². The van der Waals surface area contributed by atoms with E-state index in [4.69, 9.17) is 0 Å². The number of pyridine rings is 1. The van der Waals surface area contributed by atoms with E-state index < -0.39 is 6.04 Å². The Morgan fingerprint density at radius 1 is 1.50 bits per heavy atom. The summed E-state index contributed by atoms with van der Waals surface area (Å²) in [6.07, 6.45) is 2.88. The van der Waals surface area contributed by atoms with Crippen molar-refractivity contribution < 1.29 is 9.59 Å². The number of aromatic nitrogens is 1. The maximum Gasteiger partial charge on any atom is 0.246 e. The van der Waals surface area contributed by atoms with Gasteiger partial charge in [-0.15, -0.1) is 0 Å². The van der Waals surface area contributed by atoms with Gasteiger partial charge in [-0.2, -0.15) is 0 Å². The lowest BCUT2D eigenvalue weighted by molar-refractivity contribution is -0.137. The lowest BCUT2D eigenvalue weighted by Crippen LogP contribution is -2.37. The van der Waals surface area contributed by atoms with Crippen molar-refractivity contribution in [3.63, 3.8) is 0 Å². The van der Waals surface area contributed by atoms with Crippen LogP contribution >= 0.6 is 0 Å². The molecule has 1 aromatic rings. The fraction of sp³-hybridized carbons (Fsp3) is 0.462. The van der Waals surface area contributed by atoms with E-state index in [1.807, 2.05) is 12.1 Å². The largest absolute Gasteiger partial charge is 0.300 e. The third-order valence-corrected chi connectivity index (χ3v) is 3.26. The number of carbonyl (C=O) groups excluding carboxylic acids is 2. The number of nitrogens with zero attached hydrogens (tertiary/aromatic N) is 2. The van der Waals surface area contributed by atoms with E-state index in [9.17, 15) is 9.59 Å². The average Bonchev–Trinajstić information content (AvgIpc) is 2.64. The normalized spacial score (nSPS) is 19.7. The van der Waals surface area contributed by atoms with Gasteiger partial charge in [0.25, 0.3) is 0 Å². The molecule has 2 amide bonds. The maximum absolute atomic E-state index is 11.7. The topological polar surface area (TPSA) is 62.3 Å². The highest BCUT2D eigenvalue weighted by Crippen LogP contribution is 2.12. The zero-order valence-corrected chi connectivity index (χ0v) is 10.6. The van der Waals surface area contributed by atoms with Crippen molar-refractivity contribution in [3.8, 4) is 0 Å². The number of likely N-dealkylation sites (N-methyl/N-ethyl adjacent to an activating group) is 1. The number of rotatable bonds is 4. The van der Waals surface area contributed by atoms with Crippen molar-refractivity contribution >= 4 is 11.8 Å². The van der Waals surface area contributed by atoms with Crippen LogP contribution in [-0.4, -0.2) is 34.8 Å². The first-order valence-electron chi connectivity index (χ1n) is 6.10. The molecule has 0 spiro atoms. The lowest BCUT2D eigenvalue weighted by atomic mass is 10.1. The van der Waals surface area contributed by atoms with E-state index in [1.54, 1.807) is 6.20 Å². The number of likely N-dealkylation sites (tertiary alicyclic amines) is 1. The summed E-state index contributed by atoms with van der Waals surface area (Å²) in [4.78, 5) is 28.6. The van der Waals surface area contributed by atoms with Gasteiger partial charge in [0.2, 0.25) is 11.8 Å². The smallest absolute Gasteiger partial charge is 0.246 e. The van der Waals surface area contributed by atoms with E-state index >= 15 is 0 Å². The first-order chi connectivity index (χ1) is 8.63. The van der Waals surface area contributed by atoms with Crippen LogP contribution in [0, 0.1) is 0 Å². The first kappa shape index (κ1) is 12.7. The number of imide groups is 1. The molecule has 2 heterocycles. The van der Waals surface area contributed by atoms with Crippen LogP contribution in [0.15, 0.2) is 18.3 Å². The first-order valence-corrected chi connectivity index (χ1v) is 6.10. The van der Waals surface area contributed by atoms with E-state index in [-0.39, 0.29) is 18.2 Å². The minimum absolute atomic E-state index is 0.130. The van der Waals surface area contributed by atoms with E-state index in [1.165, 1.54) is 11.9 Å². The van der Waals surface area contributed by atoms with Crippen LogP contribution in [0.1, 0.15) is 24.6 Å². The third-order valence-electron chi connectivity index (χ3n) is 3.26. The van der Waals surface area contributed by atoms with Crippen LogP contribution in [-0.2, 0) is 22.6 Å². The molecule has 96 valence electrons. The second-order valence-electron chi connectivity index (χ2n) is 4.39. The van der Waals surface area contributed by atoms with Gasteiger partial charge in [0.1, 0.15) is 0 Å². The van der Waals surface area contributed by atoms with Crippen LogP contribution in [0.25, 0.3) is 0 Å². The third kappa shape index (κ3) is 2.41. The number of hydrogen-bond acceptors (Lipinski definition) is 4. The number of amides is 2. The van der Waals surface area contributed by atoms with Crippen LogP contribution in [0.2, 0.25) is 0 Å². The monoisotopic (exact) mass is 247 g/mol. The number of hydrogen-bond donors (Lipinski definition) is 1. The van der Waals surface area contributed by atoms with Crippen molar-refractivity contribution in [1.82, 2.24) is 15.2 Å². The van der Waals surface area contributed by atoms with Crippen LogP contribution in [0.3, 0.4) is 0 Å². The Kier molecular flexibility index (Phi) is 3.72. The highest BCUT2D eigenvalue weighted by molar-refractivity contribution is 6.05. The van der Waals surface area contributed by atoms with Crippen molar-refractivity contribution in [2.75, 3.05) is 7.05 Å². The molecule has 1 unspecified atom stereocenters. The minimum atomic E-state index is -0.408. The molecule has 5 nitrogen and oxygen atoms in total. The van der Waals surface area contributed by atoms with Gasteiger partial charge in [-0.05, 0) is 18.1 Å². The summed E-state index contributed by atoms with van der Waals surface area (Å²) >= 11 is 0. The summed E-state index contributed by atoms with van der Waals surface area (Å²) in [6.45, 7) is 2.58. The van der Waals surface area contributed by atoms with E-state index in [2.05, 4.69) is 17.2 Å². The second-order valence-corrected chi connectivity index (χ2v) is 4.39. The quantitative estimate of drug-likeness (QED) is 0.787. The van der Waals surface area contributed by atoms with Crippen LogP contribution in [0.5, 0.6) is 0 Å². The summed E-state index contributed by atoms with van der Waals surface area (Å²) in [7, 11) is 1.52. The Balaban J connectivity index is 2.00. The molecule has 0 bridgehead atoms. The molecule has 1 aliphatic heterocycles. The van der Waals surface area contributed by atoms with Crippen molar-refractivity contribution in [2.45, 2.75) is 32.4 Å². The molecule has 1 N–H and O–H groups in total. The molecule has 1 atom stereocenters. The Morgan fingerprint density at radius 2 is 2.28 bits per heavy atom. The van der Waals surface area contributed by atoms with E-state index in [0.717, 1.165) is 17.7 Å². The maximum atomic E-state index is 11.7. The second kappa shape index (κ2) is 5.27. The Bertz CT molecular complexity index is 473. The number of nitrogens with one attached hydrogen (secondary N) is 1. The molecule has 18 heavy (non-hydrogen) atoms. The fourth-order valence-corrected chi connectivity index (χ4v) is 2.09. The average molecular weight is 247 g/mol. The molecule has 0 aromatic carbocycles. The molecular weight excluding hydrogens is 230 g/mol. The molecular formula is C13H17N3O2. The standard InChI is InChI=1S/C13H17N3O2/c1-3-9-5-4-6-14-11(9)8-15-10-7-12(17)16(2)13(10)18/h4-6,10,15H,3,7-8H2,1-2H3. The van der Waals surface area contributed by atoms with Gasteiger partial charge in [-0.25, -0.2) is 0 Å². The molecule has 0 radical (unpaired) electrons. The number of aryl methyl sites for hydroxylation is 1. The molecule has 1 aromatic heterocycles. The van der Waals surface area contributed by atoms with Gasteiger partial charge in [-0.3, -0.25) is 24.8 Å². The molecule has 2 rings (SSSR count). The Hall–Kier alpha value is -1.75. The van der Waals surface area contributed by atoms with Gasteiger partial charge in [-0.1, -0.05) is 13.0 Å². The van der Waals surface area contributed by atoms with Crippen molar-refractivity contribution in [3.05, 3.63) is 29.6 Å². The van der Waals surface area contributed by atoms with Crippen LogP contribution < -0.4 is 5.32 Å². The summed E-state index contributed by atoms with van der Waals surface area (Å²) in [6, 6.07) is 3.52. The van der Waals surface area contributed by atoms with Crippen molar-refractivity contribution in [1.29, 1.82) is 0 Å². The lowest BCUT2D eigenvalue weighted by Gasteiger charge is -2.12. The van der Waals surface area contributed by atoms with E-state index in [0.29, 0.717) is 6.54 Å². The Morgan fingerprint density at radius 3 is 2.89 bits per heavy atom. The molecule has 5 heteroatoms. The molecule has 1 fully saturated rings. The number of carbonyl (C=O) groups is 2. The zero-order chi connectivity index (χ0) is 13.1. The van der Waals surface area contributed by atoms with Gasteiger partial charge < -0.3 is 0 Å². The minimum Gasteiger partial charge on any atom is -0.300 e. The summed E-state index contributed by atoms with van der Waals surface area (Å²) in [5.41, 5.74) is 2.10. The zero-order valence-electron chi connectivity index (χ0n) is 10.6. The predicted molar refractivity (Wildman–Crippen MR) is 66.6 cm³/mol. The predicted octanol–water partition coefficient (Wildman–Crippen LogP) is 0.491. The van der Waals surface area contributed by atoms with Gasteiger partial charge in [0, 0.05) is 19.8 Å². The van der Waals surface area contributed by atoms with Crippen LogP contribution in [0.4, 0.5) is 0 Å². The SMILES string of the molecule is CCc1cccnc1CNC1CC(=O)N(C)C1=O. The molecule has 1 saturated heterocycles. The molecule has 0 aliphatic carbocycles. The molecule has 1 aliphatic rings. The highest BCUT2D eigenvalue weighted by atomic mass is 16.2. The summed E-state index contributed by atoms with van der Waals surface area (Å²) in [5, 5.41) is 3.11. The van der Waals surface area contributed by atoms with Crippen molar-refractivity contribution in [2.24, 2.45) is 0 Å². The fourth-order valence-electron chi connectivity index (χ4n) is 2.09. The highest BCUT2D eigenvalue weighted by Gasteiger charge is 2.35. The molecule has 0 saturated carbocycles. The Labute approximate surface area is 106 Å². The van der Waals surface area contributed by atoms with Gasteiger partial charge in [0.05, 0.1) is 18.2 Å².